The molecule has 0 bridgehead atoms. The summed E-state index contributed by atoms with van der Waals surface area (Å²) < 4.78 is 55.2. The van der Waals surface area contributed by atoms with E-state index in [0.29, 0.717) is 41.6 Å². The number of aromatic nitrogens is 2. The fraction of sp³-hybridized carbons (Fsp3) is 0.333. The van der Waals surface area contributed by atoms with Gasteiger partial charge in [-0.25, -0.2) is 9.48 Å². The van der Waals surface area contributed by atoms with E-state index in [-0.39, 0.29) is 24.8 Å². The molecule has 1 aliphatic rings. The minimum Gasteiger partial charge on any atom is -0.470 e. The van der Waals surface area contributed by atoms with Gasteiger partial charge in [0.2, 0.25) is 5.88 Å². The molecule has 3 aromatic rings. The Labute approximate surface area is 205 Å². The number of methoxy groups -OCH3 is 1. The van der Waals surface area contributed by atoms with Crippen LogP contribution >= 0.6 is 0 Å². The van der Waals surface area contributed by atoms with Gasteiger partial charge in [-0.05, 0) is 36.8 Å². The Balaban J connectivity index is 1.53. The van der Waals surface area contributed by atoms with Gasteiger partial charge in [0.1, 0.15) is 17.7 Å². The number of ether oxygens (including phenoxy) is 3. The van der Waals surface area contributed by atoms with Crippen molar-refractivity contribution in [3.8, 4) is 17.3 Å². The van der Waals surface area contributed by atoms with E-state index in [0.717, 1.165) is 0 Å². The van der Waals surface area contributed by atoms with E-state index in [1.807, 2.05) is 30.3 Å². The number of hydrogen-bond donors (Lipinski definition) is 3. The molecular formula is C24H26F3N5O4. The average Bonchev–Trinajstić information content (AvgIpc) is 3.11. The van der Waals surface area contributed by atoms with Crippen LogP contribution in [0.4, 0.5) is 23.8 Å². The molecule has 0 radical (unpaired) electrons. The second-order valence-electron chi connectivity index (χ2n) is 8.15. The SMILES string of the molecule is COCc1ccc(OC(F)(F)F)c(CNC(=O)Nc2c(C)c(OC3CNC3)nn2-c2ccccc2)c1. The van der Waals surface area contributed by atoms with Crippen molar-refractivity contribution in [3.05, 3.63) is 65.2 Å². The Kier molecular flexibility index (Phi) is 7.65. The summed E-state index contributed by atoms with van der Waals surface area (Å²) >= 11 is 0. The summed E-state index contributed by atoms with van der Waals surface area (Å²) in [4.78, 5) is 12.8. The first kappa shape index (κ1) is 25.3. The molecule has 2 heterocycles. The van der Waals surface area contributed by atoms with Gasteiger partial charge in [-0.2, -0.15) is 0 Å². The number of benzene rings is 2. The number of nitrogens with zero attached hydrogens (tertiary/aromatic N) is 2. The maximum atomic E-state index is 12.9. The van der Waals surface area contributed by atoms with E-state index in [2.05, 4.69) is 25.8 Å². The largest absolute Gasteiger partial charge is 0.573 e. The fourth-order valence-corrected chi connectivity index (χ4v) is 3.57. The first-order chi connectivity index (χ1) is 17.2. The van der Waals surface area contributed by atoms with E-state index in [1.165, 1.54) is 25.3 Å². The van der Waals surface area contributed by atoms with Crippen LogP contribution in [0.3, 0.4) is 0 Å². The van der Waals surface area contributed by atoms with Crippen molar-refractivity contribution >= 4 is 11.8 Å². The number of hydrogen-bond acceptors (Lipinski definition) is 6. The van der Waals surface area contributed by atoms with E-state index in [1.54, 1.807) is 11.6 Å². The number of alkyl halides is 3. The Morgan fingerprint density at radius 1 is 1.19 bits per heavy atom. The van der Waals surface area contributed by atoms with Gasteiger partial charge in [0.15, 0.2) is 0 Å². The maximum Gasteiger partial charge on any atom is 0.573 e. The number of carbonyl (C=O) groups excluding carboxylic acids is 1. The minimum absolute atomic E-state index is 0.0177. The third kappa shape index (κ3) is 6.26. The maximum absolute atomic E-state index is 12.9. The van der Waals surface area contributed by atoms with Gasteiger partial charge in [-0.3, -0.25) is 5.32 Å². The molecule has 0 unspecified atom stereocenters. The van der Waals surface area contributed by atoms with Crippen molar-refractivity contribution in [3.63, 3.8) is 0 Å². The minimum atomic E-state index is -4.87. The number of amides is 2. The van der Waals surface area contributed by atoms with E-state index < -0.39 is 18.1 Å². The average molecular weight is 505 g/mol. The normalized spacial score (nSPS) is 13.7. The molecule has 192 valence electrons. The number of para-hydroxylation sites is 1. The molecule has 0 atom stereocenters. The predicted molar refractivity (Wildman–Crippen MR) is 125 cm³/mol. The van der Waals surface area contributed by atoms with E-state index >= 15 is 0 Å². The number of rotatable bonds is 9. The van der Waals surface area contributed by atoms with Crippen LogP contribution < -0.4 is 25.4 Å². The fourth-order valence-electron chi connectivity index (χ4n) is 3.57. The molecule has 36 heavy (non-hydrogen) atoms. The van der Waals surface area contributed by atoms with Gasteiger partial charge in [-0.1, -0.05) is 24.3 Å². The lowest BCUT2D eigenvalue weighted by Crippen LogP contribution is -2.50. The molecule has 0 saturated carbocycles. The molecule has 1 fully saturated rings. The van der Waals surface area contributed by atoms with Gasteiger partial charge in [0.25, 0.3) is 0 Å². The zero-order valence-corrected chi connectivity index (χ0v) is 19.7. The summed E-state index contributed by atoms with van der Waals surface area (Å²) in [7, 11) is 1.48. The molecule has 12 heteroatoms. The monoisotopic (exact) mass is 505 g/mol. The van der Waals surface area contributed by atoms with Gasteiger partial charge in [0.05, 0.1) is 17.9 Å². The molecule has 9 nitrogen and oxygen atoms in total. The van der Waals surface area contributed by atoms with Gasteiger partial charge in [0, 0.05) is 32.3 Å². The van der Waals surface area contributed by atoms with Crippen molar-refractivity contribution in [1.82, 2.24) is 20.4 Å². The third-order valence-electron chi connectivity index (χ3n) is 5.43. The summed E-state index contributed by atoms with van der Waals surface area (Å²) in [6.07, 6.45) is -4.89. The van der Waals surface area contributed by atoms with Crippen LogP contribution in [-0.2, 0) is 17.9 Å². The van der Waals surface area contributed by atoms with Crippen molar-refractivity contribution in [2.45, 2.75) is 32.5 Å². The lowest BCUT2D eigenvalue weighted by atomic mass is 10.1. The zero-order chi connectivity index (χ0) is 25.7. The molecule has 2 aromatic carbocycles. The molecule has 0 aliphatic carbocycles. The van der Waals surface area contributed by atoms with Gasteiger partial charge < -0.3 is 24.8 Å². The number of nitrogens with one attached hydrogen (secondary N) is 3. The third-order valence-corrected chi connectivity index (χ3v) is 5.43. The Morgan fingerprint density at radius 3 is 2.58 bits per heavy atom. The molecule has 1 aliphatic heterocycles. The van der Waals surface area contributed by atoms with Crippen LogP contribution in [-0.4, -0.2) is 48.5 Å². The molecule has 4 rings (SSSR count). The summed E-state index contributed by atoms with van der Waals surface area (Å²) in [5.74, 6) is 0.354. The summed E-state index contributed by atoms with van der Waals surface area (Å²) in [5.41, 5.74) is 2.09. The molecule has 0 spiro atoms. The van der Waals surface area contributed by atoms with Crippen molar-refractivity contribution in [2.75, 3.05) is 25.5 Å². The Morgan fingerprint density at radius 2 is 1.94 bits per heavy atom. The first-order valence-electron chi connectivity index (χ1n) is 11.2. The smallest absolute Gasteiger partial charge is 0.470 e. The topological polar surface area (TPSA) is 98.7 Å². The van der Waals surface area contributed by atoms with Crippen molar-refractivity contribution in [2.24, 2.45) is 0 Å². The van der Waals surface area contributed by atoms with Crippen LogP contribution in [0, 0.1) is 6.92 Å². The standard InChI is InChI=1S/C24H26F3N5O4/c1-15-21(32(18-6-4-3-5-7-18)31-22(15)35-19-12-28-13-19)30-23(33)29-11-17-10-16(14-34-2)8-9-20(17)36-24(25,26)27/h3-10,19,28H,11-14H2,1-2H3,(H2,29,30,33). The second-order valence-corrected chi connectivity index (χ2v) is 8.15. The van der Waals surface area contributed by atoms with Gasteiger partial charge in [-0.15, -0.1) is 18.3 Å². The summed E-state index contributed by atoms with van der Waals surface area (Å²) in [5, 5.41) is 13.0. The summed E-state index contributed by atoms with van der Waals surface area (Å²) in [6, 6.07) is 12.7. The molecular weight excluding hydrogens is 479 g/mol. The van der Waals surface area contributed by atoms with Crippen LogP contribution in [0.15, 0.2) is 48.5 Å². The molecule has 1 aromatic heterocycles. The number of urea groups is 1. The number of anilines is 1. The van der Waals surface area contributed by atoms with Crippen LogP contribution in [0.1, 0.15) is 16.7 Å². The number of carbonyl (C=O) groups is 1. The van der Waals surface area contributed by atoms with Crippen molar-refractivity contribution < 1.29 is 32.2 Å². The highest BCUT2D eigenvalue weighted by molar-refractivity contribution is 5.89. The molecule has 3 N–H and O–H groups in total. The lowest BCUT2D eigenvalue weighted by molar-refractivity contribution is -0.274. The Bertz CT molecular complexity index is 1200. The van der Waals surface area contributed by atoms with Gasteiger partial charge >= 0.3 is 12.4 Å². The zero-order valence-electron chi connectivity index (χ0n) is 19.7. The highest BCUT2D eigenvalue weighted by Crippen LogP contribution is 2.30. The van der Waals surface area contributed by atoms with E-state index in [9.17, 15) is 18.0 Å². The van der Waals surface area contributed by atoms with E-state index in [4.69, 9.17) is 9.47 Å². The quantitative estimate of drug-likeness (QED) is 0.408. The van der Waals surface area contributed by atoms with Crippen molar-refractivity contribution in [1.29, 1.82) is 0 Å². The highest BCUT2D eigenvalue weighted by atomic mass is 19.4. The lowest BCUT2D eigenvalue weighted by Gasteiger charge is -2.26. The molecule has 1 saturated heterocycles. The Hall–Kier alpha value is -3.77. The van der Waals surface area contributed by atoms with Crippen LogP contribution in [0.5, 0.6) is 11.6 Å². The molecule has 2 amide bonds. The predicted octanol–water partition coefficient (Wildman–Crippen LogP) is 3.90. The number of halogens is 3. The highest BCUT2D eigenvalue weighted by Gasteiger charge is 2.32. The summed E-state index contributed by atoms with van der Waals surface area (Å²) in [6.45, 7) is 3.15. The second kappa shape index (κ2) is 10.9. The van der Waals surface area contributed by atoms with Crippen LogP contribution in [0.2, 0.25) is 0 Å². The first-order valence-corrected chi connectivity index (χ1v) is 11.2. The van der Waals surface area contributed by atoms with Crippen LogP contribution in [0.25, 0.3) is 5.69 Å².